The van der Waals surface area contributed by atoms with E-state index in [1.165, 1.54) is 0 Å². The van der Waals surface area contributed by atoms with Gasteiger partial charge in [0.1, 0.15) is 11.6 Å². The maximum Gasteiger partial charge on any atom is 0.244 e. The van der Waals surface area contributed by atoms with Gasteiger partial charge in [0.2, 0.25) is 11.8 Å². The summed E-state index contributed by atoms with van der Waals surface area (Å²) in [6.45, 7) is 1.90. The van der Waals surface area contributed by atoms with Crippen LogP contribution in [0.4, 0.5) is 0 Å². The summed E-state index contributed by atoms with van der Waals surface area (Å²) in [6.07, 6.45) is 0. The third kappa shape index (κ3) is 1.84. The van der Waals surface area contributed by atoms with Crippen molar-refractivity contribution in [2.45, 2.75) is 12.8 Å². The maximum absolute atomic E-state index is 9.35. The Balaban J connectivity index is 2.24. The van der Waals surface area contributed by atoms with Crippen molar-refractivity contribution in [1.82, 2.24) is 10.2 Å². The van der Waals surface area contributed by atoms with Gasteiger partial charge in [-0.1, -0.05) is 0 Å². The molecule has 0 aliphatic carbocycles. The topological polar surface area (TPSA) is 87.7 Å². The van der Waals surface area contributed by atoms with Gasteiger partial charge in [0.05, 0.1) is 11.5 Å². The number of nitrogens with two attached hydrogens (primary N) is 1. The van der Waals surface area contributed by atoms with Gasteiger partial charge < -0.3 is 10.5 Å². The molecular formula is C12H9BrN4OS. The van der Waals surface area contributed by atoms with Crippen molar-refractivity contribution in [2.24, 2.45) is 5.73 Å². The number of halogens is 1. The standard InChI is InChI=1S/C12H9BrN4OS/c1-5-9-10(8-2-6(13)4-19-8)7(3-14)11(15)18-12(9)17-16-5/h2,4,10H,15H2,1H3,(H,16,17). The van der Waals surface area contributed by atoms with E-state index >= 15 is 0 Å². The first-order valence-corrected chi connectivity index (χ1v) is 7.15. The first kappa shape index (κ1) is 12.3. The molecule has 3 rings (SSSR count). The molecule has 19 heavy (non-hydrogen) atoms. The minimum Gasteiger partial charge on any atom is -0.420 e. The molecule has 0 amide bonds. The lowest BCUT2D eigenvalue weighted by atomic mass is 9.89. The summed E-state index contributed by atoms with van der Waals surface area (Å²) in [5.74, 6) is 0.350. The number of H-pyrrole nitrogens is 1. The molecule has 1 unspecified atom stereocenters. The molecule has 0 radical (unpaired) electrons. The average molecular weight is 337 g/mol. The molecule has 5 nitrogen and oxygen atoms in total. The zero-order valence-electron chi connectivity index (χ0n) is 9.90. The lowest BCUT2D eigenvalue weighted by Crippen LogP contribution is -2.20. The number of nitrogens with zero attached hydrogens (tertiary/aromatic N) is 2. The largest absolute Gasteiger partial charge is 0.420 e. The summed E-state index contributed by atoms with van der Waals surface area (Å²) in [4.78, 5) is 1.03. The molecule has 2 aromatic rings. The van der Waals surface area contributed by atoms with E-state index in [2.05, 4.69) is 32.2 Å². The predicted octanol–water partition coefficient (Wildman–Crippen LogP) is 2.76. The Morgan fingerprint density at radius 2 is 2.42 bits per heavy atom. The SMILES string of the molecule is Cc1[nH]nc2c1C(c1cc(Br)cs1)C(C#N)=C(N)O2. The molecule has 0 saturated heterocycles. The maximum atomic E-state index is 9.35. The van der Waals surface area contributed by atoms with Crippen LogP contribution in [-0.4, -0.2) is 10.2 Å². The van der Waals surface area contributed by atoms with Crippen molar-refractivity contribution < 1.29 is 4.74 Å². The van der Waals surface area contributed by atoms with E-state index in [1.807, 2.05) is 18.4 Å². The van der Waals surface area contributed by atoms with E-state index in [0.29, 0.717) is 11.5 Å². The Bertz CT molecular complexity index is 724. The molecule has 0 fully saturated rings. The van der Waals surface area contributed by atoms with Crippen molar-refractivity contribution in [3.05, 3.63) is 43.5 Å². The van der Waals surface area contributed by atoms with E-state index in [4.69, 9.17) is 10.5 Å². The van der Waals surface area contributed by atoms with Gasteiger partial charge >= 0.3 is 0 Å². The van der Waals surface area contributed by atoms with Crippen LogP contribution in [0.1, 0.15) is 22.1 Å². The number of hydrogen-bond acceptors (Lipinski definition) is 5. The van der Waals surface area contributed by atoms with Crippen LogP contribution in [0.3, 0.4) is 0 Å². The zero-order chi connectivity index (χ0) is 13.6. The molecular weight excluding hydrogens is 328 g/mol. The van der Waals surface area contributed by atoms with Crippen molar-refractivity contribution in [3.63, 3.8) is 0 Å². The molecule has 0 spiro atoms. The Kier molecular flexibility index (Phi) is 2.84. The van der Waals surface area contributed by atoms with Crippen LogP contribution in [0.5, 0.6) is 5.88 Å². The summed E-state index contributed by atoms with van der Waals surface area (Å²) >= 11 is 5.00. The van der Waals surface area contributed by atoms with Gasteiger partial charge in [0.15, 0.2) is 0 Å². The number of fused-ring (bicyclic) bond motifs is 1. The number of nitrogens with one attached hydrogen (secondary N) is 1. The highest BCUT2D eigenvalue weighted by molar-refractivity contribution is 9.10. The van der Waals surface area contributed by atoms with E-state index in [1.54, 1.807) is 11.3 Å². The van der Waals surface area contributed by atoms with Gasteiger partial charge in [-0.05, 0) is 28.9 Å². The number of nitriles is 1. The average Bonchev–Trinajstić information content (AvgIpc) is 2.95. The van der Waals surface area contributed by atoms with Crippen LogP contribution in [0.25, 0.3) is 0 Å². The van der Waals surface area contributed by atoms with Crippen LogP contribution in [0.2, 0.25) is 0 Å². The minimum atomic E-state index is -0.219. The number of thiophene rings is 1. The van der Waals surface area contributed by atoms with Gasteiger partial charge in [-0.15, -0.1) is 16.4 Å². The monoisotopic (exact) mass is 336 g/mol. The van der Waals surface area contributed by atoms with Gasteiger partial charge in [0.25, 0.3) is 0 Å². The summed E-state index contributed by atoms with van der Waals surface area (Å²) in [7, 11) is 0. The first-order chi connectivity index (χ1) is 9.11. The number of aryl methyl sites for hydroxylation is 1. The molecule has 3 heterocycles. The summed E-state index contributed by atoms with van der Waals surface area (Å²) in [5.41, 5.74) is 8.00. The predicted molar refractivity (Wildman–Crippen MR) is 74.6 cm³/mol. The van der Waals surface area contributed by atoms with Crippen LogP contribution < -0.4 is 10.5 Å². The second-order valence-electron chi connectivity index (χ2n) is 4.16. The van der Waals surface area contributed by atoms with E-state index < -0.39 is 0 Å². The highest BCUT2D eigenvalue weighted by atomic mass is 79.9. The van der Waals surface area contributed by atoms with Crippen LogP contribution in [-0.2, 0) is 0 Å². The fourth-order valence-corrected chi connectivity index (χ4v) is 3.72. The number of rotatable bonds is 1. The number of allylic oxidation sites excluding steroid dienone is 1. The quantitative estimate of drug-likeness (QED) is 0.838. The molecule has 96 valence electrons. The van der Waals surface area contributed by atoms with E-state index in [9.17, 15) is 5.26 Å². The van der Waals surface area contributed by atoms with E-state index in [0.717, 1.165) is 20.6 Å². The molecule has 2 aromatic heterocycles. The normalized spacial score (nSPS) is 17.8. The van der Waals surface area contributed by atoms with Crippen LogP contribution in [0, 0.1) is 18.3 Å². The third-order valence-electron chi connectivity index (χ3n) is 3.00. The zero-order valence-corrected chi connectivity index (χ0v) is 12.3. The van der Waals surface area contributed by atoms with Gasteiger partial charge in [0, 0.05) is 20.4 Å². The molecule has 0 saturated carbocycles. The summed E-state index contributed by atoms with van der Waals surface area (Å²) < 4.78 is 6.38. The fourth-order valence-electron chi connectivity index (χ4n) is 2.16. The highest BCUT2D eigenvalue weighted by Gasteiger charge is 2.34. The number of ether oxygens (including phenoxy) is 1. The van der Waals surface area contributed by atoms with Gasteiger partial charge in [-0.3, -0.25) is 5.10 Å². The molecule has 1 atom stereocenters. The number of aromatic amines is 1. The van der Waals surface area contributed by atoms with Gasteiger partial charge in [-0.25, -0.2) is 0 Å². The molecule has 0 aromatic carbocycles. The molecule has 7 heteroatoms. The van der Waals surface area contributed by atoms with Crippen molar-refractivity contribution in [2.75, 3.05) is 0 Å². The molecule has 1 aliphatic rings. The second kappa shape index (κ2) is 4.40. The van der Waals surface area contributed by atoms with Crippen molar-refractivity contribution in [1.29, 1.82) is 5.26 Å². The lowest BCUT2D eigenvalue weighted by Gasteiger charge is -2.22. The highest BCUT2D eigenvalue weighted by Crippen LogP contribution is 2.44. The molecule has 1 aliphatic heterocycles. The Morgan fingerprint density at radius 1 is 1.63 bits per heavy atom. The van der Waals surface area contributed by atoms with Gasteiger partial charge in [-0.2, -0.15) is 5.26 Å². The smallest absolute Gasteiger partial charge is 0.244 e. The third-order valence-corrected chi connectivity index (χ3v) is 4.76. The minimum absolute atomic E-state index is 0.121. The number of hydrogen-bond donors (Lipinski definition) is 2. The summed E-state index contributed by atoms with van der Waals surface area (Å²) in [5, 5.41) is 18.3. The molecule has 0 bridgehead atoms. The Hall–Kier alpha value is -1.78. The fraction of sp³-hybridized carbons (Fsp3) is 0.167. The Morgan fingerprint density at radius 3 is 3.05 bits per heavy atom. The van der Waals surface area contributed by atoms with Crippen molar-refractivity contribution in [3.8, 4) is 11.9 Å². The Labute approximate surface area is 121 Å². The summed E-state index contributed by atoms with van der Waals surface area (Å²) in [6, 6.07) is 4.14. The lowest BCUT2D eigenvalue weighted by molar-refractivity contribution is 0.379. The first-order valence-electron chi connectivity index (χ1n) is 5.48. The van der Waals surface area contributed by atoms with Crippen LogP contribution in [0.15, 0.2) is 27.4 Å². The molecule has 3 N–H and O–H groups in total. The van der Waals surface area contributed by atoms with Crippen LogP contribution >= 0.6 is 27.3 Å². The second-order valence-corrected chi connectivity index (χ2v) is 6.02. The van der Waals surface area contributed by atoms with E-state index in [-0.39, 0.29) is 11.8 Å². The number of aromatic nitrogens is 2. The van der Waals surface area contributed by atoms with Crippen molar-refractivity contribution >= 4 is 27.3 Å².